The fourth-order valence-corrected chi connectivity index (χ4v) is 1.98. The van der Waals surface area contributed by atoms with Gasteiger partial charge in [0.25, 0.3) is 5.56 Å². The fourth-order valence-electron chi connectivity index (χ4n) is 1.98. The molecule has 1 aromatic carbocycles. The van der Waals surface area contributed by atoms with Crippen molar-refractivity contribution >= 4 is 22.5 Å². The summed E-state index contributed by atoms with van der Waals surface area (Å²) in [7, 11) is 0. The minimum Gasteiger partial charge on any atom is -0.478 e. The van der Waals surface area contributed by atoms with Crippen molar-refractivity contribution in [1.29, 1.82) is 0 Å². The third-order valence-corrected chi connectivity index (χ3v) is 2.78. The first kappa shape index (κ1) is 10.5. The quantitative estimate of drug-likeness (QED) is 0.655. The number of benzene rings is 1. The molecule has 5 nitrogen and oxygen atoms in total. The van der Waals surface area contributed by atoms with E-state index in [0.717, 1.165) is 0 Å². The first-order valence-electron chi connectivity index (χ1n) is 5.32. The summed E-state index contributed by atoms with van der Waals surface area (Å²) in [6.45, 7) is 0. The first-order valence-corrected chi connectivity index (χ1v) is 5.32. The van der Waals surface area contributed by atoms with Gasteiger partial charge in [-0.15, -0.1) is 0 Å². The van der Waals surface area contributed by atoms with Crippen LogP contribution in [0.5, 0.6) is 0 Å². The summed E-state index contributed by atoms with van der Waals surface area (Å²) in [5.74, 6) is -1.13. The average molecular weight is 240 g/mol. The van der Waals surface area contributed by atoms with E-state index in [1.165, 1.54) is 10.5 Å². The van der Waals surface area contributed by atoms with Gasteiger partial charge in [0.1, 0.15) is 5.65 Å². The molecule has 88 valence electrons. The SMILES string of the molecule is O=C(O)c1cccc2nc3ccccn3c(=O)c12. The Labute approximate surface area is 101 Å². The number of fused-ring (bicyclic) bond motifs is 2. The lowest BCUT2D eigenvalue weighted by atomic mass is 10.1. The number of nitrogens with zero attached hydrogens (tertiary/aromatic N) is 2. The molecular formula is C13H8N2O3. The van der Waals surface area contributed by atoms with Gasteiger partial charge in [0.15, 0.2) is 0 Å². The van der Waals surface area contributed by atoms with E-state index in [1.54, 1.807) is 36.5 Å². The number of carboxylic acid groups (broad SMARTS) is 1. The maximum Gasteiger partial charge on any atom is 0.336 e. The number of aromatic nitrogens is 2. The van der Waals surface area contributed by atoms with E-state index in [2.05, 4.69) is 4.98 Å². The Balaban J connectivity index is 2.61. The van der Waals surface area contributed by atoms with Gasteiger partial charge in [0.2, 0.25) is 0 Å². The number of carboxylic acids is 1. The van der Waals surface area contributed by atoms with Crippen molar-refractivity contribution in [2.24, 2.45) is 0 Å². The zero-order valence-electron chi connectivity index (χ0n) is 9.20. The smallest absolute Gasteiger partial charge is 0.336 e. The largest absolute Gasteiger partial charge is 0.478 e. The van der Waals surface area contributed by atoms with Crippen LogP contribution in [0, 0.1) is 0 Å². The molecule has 0 saturated heterocycles. The number of carbonyl (C=O) groups is 1. The van der Waals surface area contributed by atoms with Crippen LogP contribution < -0.4 is 5.56 Å². The molecule has 0 amide bonds. The predicted molar refractivity (Wildman–Crippen MR) is 65.9 cm³/mol. The second-order valence-electron chi connectivity index (χ2n) is 3.85. The molecule has 2 heterocycles. The number of hydrogen-bond donors (Lipinski definition) is 1. The summed E-state index contributed by atoms with van der Waals surface area (Å²) < 4.78 is 1.34. The van der Waals surface area contributed by atoms with Gasteiger partial charge in [-0.2, -0.15) is 0 Å². The molecule has 1 N–H and O–H groups in total. The van der Waals surface area contributed by atoms with Gasteiger partial charge in [0.05, 0.1) is 16.5 Å². The van der Waals surface area contributed by atoms with Crippen molar-refractivity contribution in [2.75, 3.05) is 0 Å². The second-order valence-corrected chi connectivity index (χ2v) is 3.85. The van der Waals surface area contributed by atoms with E-state index in [9.17, 15) is 9.59 Å². The average Bonchev–Trinajstić information content (AvgIpc) is 2.38. The minimum atomic E-state index is -1.13. The third-order valence-electron chi connectivity index (χ3n) is 2.78. The van der Waals surface area contributed by atoms with Gasteiger partial charge in [-0.1, -0.05) is 12.1 Å². The monoisotopic (exact) mass is 240 g/mol. The van der Waals surface area contributed by atoms with Crippen molar-refractivity contribution < 1.29 is 9.90 Å². The van der Waals surface area contributed by atoms with Gasteiger partial charge in [0, 0.05) is 6.20 Å². The van der Waals surface area contributed by atoms with Crippen LogP contribution in [0.15, 0.2) is 47.4 Å². The van der Waals surface area contributed by atoms with Crippen LogP contribution in [0.1, 0.15) is 10.4 Å². The summed E-state index contributed by atoms with van der Waals surface area (Å²) in [6, 6.07) is 9.80. The molecular weight excluding hydrogens is 232 g/mol. The molecule has 0 aliphatic heterocycles. The lowest BCUT2D eigenvalue weighted by Gasteiger charge is -2.04. The maximum atomic E-state index is 12.3. The molecule has 0 fully saturated rings. The van der Waals surface area contributed by atoms with E-state index < -0.39 is 5.97 Å². The predicted octanol–water partition coefficient (Wildman–Crippen LogP) is 1.55. The van der Waals surface area contributed by atoms with Crippen LogP contribution in [0.25, 0.3) is 16.6 Å². The van der Waals surface area contributed by atoms with Crippen molar-refractivity contribution in [2.45, 2.75) is 0 Å². The number of rotatable bonds is 1. The van der Waals surface area contributed by atoms with E-state index in [1.807, 2.05) is 0 Å². The molecule has 0 aliphatic carbocycles. The molecule has 5 heteroatoms. The maximum absolute atomic E-state index is 12.3. The lowest BCUT2D eigenvalue weighted by molar-refractivity contribution is 0.0699. The summed E-state index contributed by atoms with van der Waals surface area (Å²) >= 11 is 0. The van der Waals surface area contributed by atoms with Crippen LogP contribution in [-0.4, -0.2) is 20.5 Å². The third kappa shape index (κ3) is 1.37. The summed E-state index contributed by atoms with van der Waals surface area (Å²) in [5, 5.41) is 9.24. The number of aromatic carboxylic acids is 1. The van der Waals surface area contributed by atoms with E-state index in [4.69, 9.17) is 5.11 Å². The normalized spacial score (nSPS) is 10.9. The van der Waals surface area contributed by atoms with Crippen molar-refractivity contribution in [1.82, 2.24) is 9.38 Å². The molecule has 2 aromatic heterocycles. The number of hydrogen-bond acceptors (Lipinski definition) is 3. The van der Waals surface area contributed by atoms with Crippen LogP contribution in [0.2, 0.25) is 0 Å². The molecule has 3 aromatic rings. The first-order chi connectivity index (χ1) is 8.68. The molecule has 0 radical (unpaired) electrons. The van der Waals surface area contributed by atoms with Crippen molar-refractivity contribution in [3.63, 3.8) is 0 Å². The molecule has 0 aliphatic rings. The van der Waals surface area contributed by atoms with Gasteiger partial charge in [-0.25, -0.2) is 9.78 Å². The zero-order chi connectivity index (χ0) is 12.7. The molecule has 0 spiro atoms. The van der Waals surface area contributed by atoms with E-state index >= 15 is 0 Å². The molecule has 0 unspecified atom stereocenters. The Hall–Kier alpha value is -2.69. The van der Waals surface area contributed by atoms with Crippen LogP contribution in [0.4, 0.5) is 0 Å². The Morgan fingerprint density at radius 3 is 2.78 bits per heavy atom. The molecule has 0 atom stereocenters. The van der Waals surface area contributed by atoms with Gasteiger partial charge >= 0.3 is 5.97 Å². The molecule has 0 bridgehead atoms. The second kappa shape index (κ2) is 3.66. The highest BCUT2D eigenvalue weighted by Crippen LogP contribution is 2.14. The van der Waals surface area contributed by atoms with E-state index in [0.29, 0.717) is 11.2 Å². The van der Waals surface area contributed by atoms with Crippen LogP contribution in [-0.2, 0) is 0 Å². The highest BCUT2D eigenvalue weighted by molar-refractivity contribution is 6.02. The summed E-state index contributed by atoms with van der Waals surface area (Å²) in [4.78, 5) is 27.7. The number of pyridine rings is 1. The van der Waals surface area contributed by atoms with Crippen LogP contribution >= 0.6 is 0 Å². The molecule has 0 saturated carbocycles. The summed E-state index contributed by atoms with van der Waals surface area (Å²) in [5.41, 5.74) is 0.500. The van der Waals surface area contributed by atoms with Crippen LogP contribution in [0.3, 0.4) is 0 Å². The van der Waals surface area contributed by atoms with Crippen molar-refractivity contribution in [3.05, 3.63) is 58.5 Å². The highest BCUT2D eigenvalue weighted by atomic mass is 16.4. The zero-order valence-corrected chi connectivity index (χ0v) is 9.20. The Kier molecular flexibility index (Phi) is 2.13. The lowest BCUT2D eigenvalue weighted by Crippen LogP contribution is -2.17. The van der Waals surface area contributed by atoms with Gasteiger partial charge in [-0.05, 0) is 24.3 Å². The van der Waals surface area contributed by atoms with Crippen molar-refractivity contribution in [3.8, 4) is 0 Å². The standard InChI is InChI=1S/C13H8N2O3/c16-12-11-8(13(17)18)4-3-5-9(11)14-10-6-1-2-7-15(10)12/h1-7H,(H,17,18). The molecule has 3 rings (SSSR count). The topological polar surface area (TPSA) is 71.7 Å². The van der Waals surface area contributed by atoms with Gasteiger partial charge in [-0.3, -0.25) is 9.20 Å². The fraction of sp³-hybridized carbons (Fsp3) is 0. The molecule has 18 heavy (non-hydrogen) atoms. The van der Waals surface area contributed by atoms with E-state index in [-0.39, 0.29) is 16.5 Å². The Morgan fingerprint density at radius 1 is 1.17 bits per heavy atom. The summed E-state index contributed by atoms with van der Waals surface area (Å²) in [6.07, 6.45) is 1.57. The van der Waals surface area contributed by atoms with Gasteiger partial charge < -0.3 is 5.11 Å². The Morgan fingerprint density at radius 2 is 2.00 bits per heavy atom. The highest BCUT2D eigenvalue weighted by Gasteiger charge is 2.13. The minimum absolute atomic E-state index is 0.0248. The Bertz CT molecular complexity index is 836.